The number of benzene rings is 1. The van der Waals surface area contributed by atoms with Crippen LogP contribution in [-0.2, 0) is 0 Å². The first kappa shape index (κ1) is 13.3. The minimum Gasteiger partial charge on any atom is -0.476 e. The summed E-state index contributed by atoms with van der Waals surface area (Å²) < 4.78 is 2.45. The number of carboxylic acids is 1. The fourth-order valence-corrected chi connectivity index (χ4v) is 3.23. The molecule has 1 aromatic heterocycles. The zero-order chi connectivity index (χ0) is 13.3. The van der Waals surface area contributed by atoms with E-state index in [1.165, 1.54) is 0 Å². The minimum absolute atomic E-state index is 0.120. The van der Waals surface area contributed by atoms with Gasteiger partial charge in [-0.15, -0.1) is 0 Å². The molecule has 0 fully saturated rings. The molecule has 0 aliphatic rings. The Morgan fingerprint density at radius 3 is 2.50 bits per heavy atom. The quantitative estimate of drug-likeness (QED) is 0.891. The highest BCUT2D eigenvalue weighted by Crippen LogP contribution is 2.29. The van der Waals surface area contributed by atoms with E-state index in [4.69, 9.17) is 0 Å². The number of halogens is 2. The average molecular weight is 374 g/mol. The lowest BCUT2D eigenvalue weighted by Gasteiger charge is -2.16. The zero-order valence-corrected chi connectivity index (χ0v) is 12.6. The van der Waals surface area contributed by atoms with Crippen LogP contribution in [0.3, 0.4) is 0 Å². The number of carboxylic acid groups (broad SMARTS) is 1. The predicted molar refractivity (Wildman–Crippen MR) is 74.8 cm³/mol. The average Bonchev–Trinajstić information content (AvgIpc) is 2.64. The molecule has 1 aromatic carbocycles. The molecule has 18 heavy (non-hydrogen) atoms. The maximum atomic E-state index is 11.3. The van der Waals surface area contributed by atoms with Gasteiger partial charge in [-0.25, -0.2) is 9.78 Å². The van der Waals surface area contributed by atoms with Crippen LogP contribution in [0.5, 0.6) is 0 Å². The maximum Gasteiger partial charge on any atom is 0.355 e. The summed E-state index contributed by atoms with van der Waals surface area (Å²) in [7, 11) is 0. The Balaban J connectivity index is 2.55. The summed E-state index contributed by atoms with van der Waals surface area (Å²) in [6, 6.07) is 9.56. The van der Waals surface area contributed by atoms with Crippen molar-refractivity contribution >= 4 is 37.8 Å². The van der Waals surface area contributed by atoms with Crippen molar-refractivity contribution in [2.75, 3.05) is 0 Å². The number of aromatic carboxylic acids is 1. The predicted octanol–water partition coefficient (Wildman–Crippen LogP) is 3.72. The van der Waals surface area contributed by atoms with E-state index >= 15 is 0 Å². The van der Waals surface area contributed by atoms with Gasteiger partial charge in [-0.2, -0.15) is 0 Å². The third-order valence-corrected chi connectivity index (χ3v) is 3.81. The first-order valence-electron chi connectivity index (χ1n) is 5.24. The lowest BCUT2D eigenvalue weighted by Crippen LogP contribution is -2.14. The summed E-state index contributed by atoms with van der Waals surface area (Å²) in [5.41, 5.74) is 1.16. The molecule has 2 aromatic rings. The Labute approximate surface area is 121 Å². The molecule has 1 atom stereocenters. The zero-order valence-electron chi connectivity index (χ0n) is 9.47. The Hall–Kier alpha value is -1.14. The standard InChI is InChI=1S/C12H10Br2N2O2/c1-7(8-5-3-2-4-6-8)16-9(11(17)18)10(13)15-12(16)14/h2-7H,1H3,(H,17,18). The molecule has 4 nitrogen and oxygen atoms in total. The molecule has 1 unspecified atom stereocenters. The smallest absolute Gasteiger partial charge is 0.355 e. The Kier molecular flexibility index (Phi) is 3.87. The number of nitrogens with zero attached hydrogens (tertiary/aromatic N) is 2. The van der Waals surface area contributed by atoms with Crippen molar-refractivity contribution in [3.63, 3.8) is 0 Å². The third kappa shape index (κ3) is 2.35. The van der Waals surface area contributed by atoms with E-state index in [0.717, 1.165) is 5.56 Å². The molecule has 1 heterocycles. The van der Waals surface area contributed by atoms with E-state index in [2.05, 4.69) is 36.8 Å². The van der Waals surface area contributed by atoms with Crippen molar-refractivity contribution < 1.29 is 9.90 Å². The number of imidazole rings is 1. The van der Waals surface area contributed by atoms with Crippen LogP contribution < -0.4 is 0 Å². The summed E-state index contributed by atoms with van der Waals surface area (Å²) >= 11 is 6.46. The summed E-state index contributed by atoms with van der Waals surface area (Å²) in [6.07, 6.45) is 0. The molecule has 0 aliphatic heterocycles. The van der Waals surface area contributed by atoms with Crippen molar-refractivity contribution in [1.29, 1.82) is 0 Å². The second kappa shape index (κ2) is 5.24. The van der Waals surface area contributed by atoms with E-state index in [9.17, 15) is 9.90 Å². The molecule has 0 radical (unpaired) electrons. The van der Waals surface area contributed by atoms with Gasteiger partial charge >= 0.3 is 5.97 Å². The van der Waals surface area contributed by atoms with Crippen LogP contribution in [0.15, 0.2) is 39.7 Å². The van der Waals surface area contributed by atoms with Crippen LogP contribution in [0.1, 0.15) is 29.0 Å². The molecule has 0 spiro atoms. The molecule has 0 saturated heterocycles. The third-order valence-electron chi connectivity index (χ3n) is 2.70. The largest absolute Gasteiger partial charge is 0.476 e. The second-order valence-electron chi connectivity index (χ2n) is 3.78. The number of hydrogen-bond acceptors (Lipinski definition) is 2. The summed E-state index contributed by atoms with van der Waals surface area (Å²) in [5, 5.41) is 9.24. The summed E-state index contributed by atoms with van der Waals surface area (Å²) in [4.78, 5) is 15.4. The van der Waals surface area contributed by atoms with Crippen LogP contribution in [0.25, 0.3) is 0 Å². The fourth-order valence-electron chi connectivity index (χ4n) is 1.80. The molecule has 6 heteroatoms. The number of carbonyl (C=O) groups is 1. The van der Waals surface area contributed by atoms with Gasteiger partial charge in [-0.05, 0) is 44.3 Å². The number of hydrogen-bond donors (Lipinski definition) is 1. The second-order valence-corrected chi connectivity index (χ2v) is 5.24. The molecule has 0 bridgehead atoms. The SMILES string of the molecule is CC(c1ccccc1)n1c(Br)nc(Br)c1C(=O)O. The highest BCUT2D eigenvalue weighted by molar-refractivity contribution is 9.11. The van der Waals surface area contributed by atoms with Crippen molar-refractivity contribution in [2.24, 2.45) is 0 Å². The van der Waals surface area contributed by atoms with Gasteiger partial charge in [-0.3, -0.25) is 0 Å². The first-order chi connectivity index (χ1) is 8.52. The monoisotopic (exact) mass is 372 g/mol. The van der Waals surface area contributed by atoms with Gasteiger partial charge < -0.3 is 9.67 Å². The first-order valence-corrected chi connectivity index (χ1v) is 6.82. The van der Waals surface area contributed by atoms with Gasteiger partial charge in [0.15, 0.2) is 10.4 Å². The van der Waals surface area contributed by atoms with Gasteiger partial charge in [0, 0.05) is 0 Å². The molecular formula is C12H10Br2N2O2. The highest BCUT2D eigenvalue weighted by atomic mass is 79.9. The van der Waals surface area contributed by atoms with Gasteiger partial charge in [0.1, 0.15) is 4.60 Å². The van der Waals surface area contributed by atoms with Crippen LogP contribution in [-0.4, -0.2) is 20.6 Å². The number of rotatable bonds is 3. The molecule has 0 saturated carbocycles. The molecule has 94 valence electrons. The number of aromatic nitrogens is 2. The van der Waals surface area contributed by atoms with Crippen molar-refractivity contribution in [3.8, 4) is 0 Å². The van der Waals surface area contributed by atoms with Crippen molar-refractivity contribution in [3.05, 3.63) is 50.9 Å². The van der Waals surface area contributed by atoms with Gasteiger partial charge in [0.25, 0.3) is 0 Å². The summed E-state index contributed by atoms with van der Waals surface area (Å²) in [6.45, 7) is 1.93. The van der Waals surface area contributed by atoms with Crippen LogP contribution >= 0.6 is 31.9 Å². The van der Waals surface area contributed by atoms with Gasteiger partial charge in [-0.1, -0.05) is 30.3 Å². The molecule has 0 aliphatic carbocycles. The Morgan fingerprint density at radius 1 is 1.33 bits per heavy atom. The van der Waals surface area contributed by atoms with Crippen molar-refractivity contribution in [2.45, 2.75) is 13.0 Å². The fraction of sp³-hybridized carbons (Fsp3) is 0.167. The van der Waals surface area contributed by atoms with Crippen LogP contribution in [0, 0.1) is 0 Å². The van der Waals surface area contributed by atoms with Gasteiger partial charge in [0.2, 0.25) is 0 Å². The minimum atomic E-state index is -1.01. The van der Waals surface area contributed by atoms with E-state index in [1.807, 2.05) is 37.3 Å². The van der Waals surface area contributed by atoms with E-state index < -0.39 is 5.97 Å². The van der Waals surface area contributed by atoms with E-state index in [0.29, 0.717) is 9.34 Å². The molecule has 1 N–H and O–H groups in total. The van der Waals surface area contributed by atoms with E-state index in [-0.39, 0.29) is 11.7 Å². The normalized spacial score (nSPS) is 12.4. The topological polar surface area (TPSA) is 55.1 Å². The highest BCUT2D eigenvalue weighted by Gasteiger charge is 2.24. The maximum absolute atomic E-state index is 11.3. The lowest BCUT2D eigenvalue weighted by atomic mass is 10.1. The van der Waals surface area contributed by atoms with Crippen LogP contribution in [0.2, 0.25) is 0 Å². The van der Waals surface area contributed by atoms with E-state index in [1.54, 1.807) is 4.57 Å². The molecule has 2 rings (SSSR count). The lowest BCUT2D eigenvalue weighted by molar-refractivity contribution is 0.0682. The Bertz CT molecular complexity index is 581. The van der Waals surface area contributed by atoms with Crippen molar-refractivity contribution in [1.82, 2.24) is 9.55 Å². The van der Waals surface area contributed by atoms with Gasteiger partial charge in [0.05, 0.1) is 6.04 Å². The Morgan fingerprint density at radius 2 is 1.94 bits per heavy atom. The van der Waals surface area contributed by atoms with Crippen LogP contribution in [0.4, 0.5) is 0 Å². The summed E-state index contributed by atoms with van der Waals surface area (Å²) in [5.74, 6) is -1.01. The molecular weight excluding hydrogens is 364 g/mol. The molecule has 0 amide bonds.